The molecule has 0 aliphatic heterocycles. The van der Waals surface area contributed by atoms with Crippen molar-refractivity contribution >= 4 is 11.8 Å². The van der Waals surface area contributed by atoms with Gasteiger partial charge in [-0.25, -0.2) is 9.78 Å². The second-order valence-corrected chi connectivity index (χ2v) is 4.76. The van der Waals surface area contributed by atoms with E-state index in [1.165, 1.54) is 0 Å². The summed E-state index contributed by atoms with van der Waals surface area (Å²) in [7, 11) is 1.68. The first kappa shape index (κ1) is 16.4. The van der Waals surface area contributed by atoms with E-state index in [4.69, 9.17) is 9.84 Å². The molecule has 0 radical (unpaired) electrons. The molecule has 1 heterocycles. The second-order valence-electron chi connectivity index (χ2n) is 4.76. The van der Waals surface area contributed by atoms with Gasteiger partial charge >= 0.3 is 5.97 Å². The first-order chi connectivity index (χ1) is 9.54. The van der Waals surface area contributed by atoms with E-state index in [1.807, 2.05) is 0 Å². The van der Waals surface area contributed by atoms with Gasteiger partial charge in [-0.15, -0.1) is 0 Å². The molecular weight excluding hydrogens is 256 g/mol. The van der Waals surface area contributed by atoms with Gasteiger partial charge in [-0.1, -0.05) is 13.8 Å². The van der Waals surface area contributed by atoms with Crippen molar-refractivity contribution in [2.75, 3.05) is 25.2 Å². The molecular formula is C15H24N2O3. The topological polar surface area (TPSA) is 62.7 Å². The Morgan fingerprint density at radius 2 is 2.05 bits per heavy atom. The lowest BCUT2D eigenvalue weighted by Gasteiger charge is -2.31. The van der Waals surface area contributed by atoms with Crippen molar-refractivity contribution in [2.24, 2.45) is 0 Å². The third kappa shape index (κ3) is 3.93. The van der Waals surface area contributed by atoms with Crippen molar-refractivity contribution in [2.45, 2.75) is 39.7 Å². The SMILES string of the molecule is CCC(CC)N(CCOC)c1ccc(C(=O)O)c(C)n1. The number of aryl methyl sites for hydroxylation is 1. The summed E-state index contributed by atoms with van der Waals surface area (Å²) >= 11 is 0. The van der Waals surface area contributed by atoms with Crippen molar-refractivity contribution in [3.8, 4) is 0 Å². The number of aromatic carboxylic acids is 1. The number of methoxy groups -OCH3 is 1. The number of rotatable bonds is 8. The van der Waals surface area contributed by atoms with E-state index in [0.717, 1.165) is 25.2 Å². The average Bonchev–Trinajstić information content (AvgIpc) is 2.43. The molecule has 1 rings (SSSR count). The summed E-state index contributed by atoms with van der Waals surface area (Å²) in [5.41, 5.74) is 0.799. The molecule has 0 spiro atoms. The summed E-state index contributed by atoms with van der Waals surface area (Å²) in [5, 5.41) is 9.06. The Bertz CT molecular complexity index is 445. The summed E-state index contributed by atoms with van der Waals surface area (Å²) in [5.74, 6) is -0.120. The van der Waals surface area contributed by atoms with Crippen LogP contribution in [0.5, 0.6) is 0 Å². The highest BCUT2D eigenvalue weighted by atomic mass is 16.5. The van der Waals surface area contributed by atoms with Gasteiger partial charge < -0.3 is 14.7 Å². The molecule has 20 heavy (non-hydrogen) atoms. The summed E-state index contributed by atoms with van der Waals surface area (Å²) < 4.78 is 5.16. The van der Waals surface area contributed by atoms with Gasteiger partial charge in [0.05, 0.1) is 17.9 Å². The van der Waals surface area contributed by atoms with Crippen LogP contribution in [0, 0.1) is 6.92 Å². The Morgan fingerprint density at radius 1 is 1.40 bits per heavy atom. The molecule has 1 aromatic heterocycles. The highest BCUT2D eigenvalue weighted by molar-refractivity contribution is 5.89. The number of carbonyl (C=O) groups is 1. The van der Waals surface area contributed by atoms with Crippen LogP contribution < -0.4 is 4.90 Å². The predicted molar refractivity (Wildman–Crippen MR) is 79.5 cm³/mol. The molecule has 0 saturated carbocycles. The minimum Gasteiger partial charge on any atom is -0.478 e. The summed E-state index contributed by atoms with van der Waals surface area (Å²) in [6.07, 6.45) is 2.03. The normalized spacial score (nSPS) is 10.8. The number of ether oxygens (including phenoxy) is 1. The molecule has 1 N–H and O–H groups in total. The molecule has 0 fully saturated rings. The Hall–Kier alpha value is -1.62. The number of pyridine rings is 1. The van der Waals surface area contributed by atoms with Gasteiger partial charge in [0.25, 0.3) is 0 Å². The number of anilines is 1. The van der Waals surface area contributed by atoms with Crippen molar-refractivity contribution in [1.29, 1.82) is 0 Å². The molecule has 0 bridgehead atoms. The first-order valence-corrected chi connectivity index (χ1v) is 7.01. The van der Waals surface area contributed by atoms with Crippen LogP contribution in [0.4, 0.5) is 5.82 Å². The lowest BCUT2D eigenvalue weighted by Crippen LogP contribution is -2.37. The molecule has 0 atom stereocenters. The van der Waals surface area contributed by atoms with Crippen molar-refractivity contribution in [1.82, 2.24) is 4.98 Å². The smallest absolute Gasteiger partial charge is 0.337 e. The maximum atomic E-state index is 11.0. The second kappa shape index (κ2) is 7.85. The third-order valence-corrected chi connectivity index (χ3v) is 3.52. The molecule has 0 aliphatic rings. The number of aromatic nitrogens is 1. The Balaban J connectivity index is 3.06. The van der Waals surface area contributed by atoms with Crippen molar-refractivity contribution in [3.63, 3.8) is 0 Å². The zero-order valence-electron chi connectivity index (χ0n) is 12.7. The molecule has 0 aromatic carbocycles. The molecule has 5 nitrogen and oxygen atoms in total. The third-order valence-electron chi connectivity index (χ3n) is 3.52. The van der Waals surface area contributed by atoms with Crippen LogP contribution in [0.25, 0.3) is 0 Å². The molecule has 0 aliphatic carbocycles. The Morgan fingerprint density at radius 3 is 2.50 bits per heavy atom. The van der Waals surface area contributed by atoms with Crippen molar-refractivity contribution < 1.29 is 14.6 Å². The quantitative estimate of drug-likeness (QED) is 0.793. The van der Waals surface area contributed by atoms with Crippen LogP contribution in [0.2, 0.25) is 0 Å². The fourth-order valence-electron chi connectivity index (χ4n) is 2.34. The van der Waals surface area contributed by atoms with Gasteiger partial charge in [-0.3, -0.25) is 0 Å². The van der Waals surface area contributed by atoms with E-state index in [1.54, 1.807) is 26.2 Å². The lowest BCUT2D eigenvalue weighted by molar-refractivity contribution is 0.0695. The fraction of sp³-hybridized carbons (Fsp3) is 0.600. The van der Waals surface area contributed by atoms with Crippen LogP contribution in [-0.4, -0.2) is 42.4 Å². The van der Waals surface area contributed by atoms with E-state index in [2.05, 4.69) is 23.7 Å². The standard InChI is InChI=1S/C15H24N2O3/c1-5-12(6-2)17(9-10-20-4)14-8-7-13(15(18)19)11(3)16-14/h7-8,12H,5-6,9-10H2,1-4H3,(H,18,19). The van der Waals surface area contributed by atoms with Gasteiger partial charge in [0, 0.05) is 19.7 Å². The predicted octanol–water partition coefficient (Wildman–Crippen LogP) is 2.73. The molecule has 0 saturated heterocycles. The highest BCUT2D eigenvalue weighted by Gasteiger charge is 2.18. The number of hydrogen-bond acceptors (Lipinski definition) is 4. The van der Waals surface area contributed by atoms with Crippen LogP contribution in [0.15, 0.2) is 12.1 Å². The zero-order valence-corrected chi connectivity index (χ0v) is 12.7. The van der Waals surface area contributed by atoms with Crippen LogP contribution in [0.1, 0.15) is 42.7 Å². The number of carboxylic acid groups (broad SMARTS) is 1. The molecule has 1 aromatic rings. The van der Waals surface area contributed by atoms with E-state index < -0.39 is 5.97 Å². The molecule has 0 amide bonds. The summed E-state index contributed by atoms with van der Waals surface area (Å²) in [6.45, 7) is 7.40. The van der Waals surface area contributed by atoms with E-state index in [0.29, 0.717) is 18.3 Å². The van der Waals surface area contributed by atoms with Gasteiger partial charge in [0.2, 0.25) is 0 Å². The largest absolute Gasteiger partial charge is 0.478 e. The number of nitrogens with zero attached hydrogens (tertiary/aromatic N) is 2. The summed E-state index contributed by atoms with van der Waals surface area (Å²) in [6, 6.07) is 3.79. The molecule has 5 heteroatoms. The number of carboxylic acids is 1. The van der Waals surface area contributed by atoms with Crippen molar-refractivity contribution in [3.05, 3.63) is 23.4 Å². The maximum Gasteiger partial charge on any atom is 0.337 e. The molecule has 112 valence electrons. The monoisotopic (exact) mass is 280 g/mol. The number of hydrogen-bond donors (Lipinski definition) is 1. The first-order valence-electron chi connectivity index (χ1n) is 7.01. The fourth-order valence-corrected chi connectivity index (χ4v) is 2.34. The maximum absolute atomic E-state index is 11.0. The minimum absolute atomic E-state index is 0.255. The van der Waals surface area contributed by atoms with E-state index >= 15 is 0 Å². The Labute approximate surface area is 120 Å². The van der Waals surface area contributed by atoms with E-state index in [-0.39, 0.29) is 5.56 Å². The Kier molecular flexibility index (Phi) is 6.45. The highest BCUT2D eigenvalue weighted by Crippen LogP contribution is 2.20. The van der Waals surface area contributed by atoms with Crippen LogP contribution >= 0.6 is 0 Å². The van der Waals surface area contributed by atoms with Gasteiger partial charge in [-0.2, -0.15) is 0 Å². The average molecular weight is 280 g/mol. The minimum atomic E-state index is -0.937. The van der Waals surface area contributed by atoms with Crippen LogP contribution in [0.3, 0.4) is 0 Å². The van der Waals surface area contributed by atoms with Gasteiger partial charge in [0.1, 0.15) is 5.82 Å². The zero-order chi connectivity index (χ0) is 15.1. The van der Waals surface area contributed by atoms with Gasteiger partial charge in [-0.05, 0) is 31.9 Å². The van der Waals surface area contributed by atoms with Gasteiger partial charge in [0.15, 0.2) is 0 Å². The van der Waals surface area contributed by atoms with E-state index in [9.17, 15) is 4.79 Å². The lowest BCUT2D eigenvalue weighted by atomic mass is 10.1. The molecule has 0 unspecified atom stereocenters. The van der Waals surface area contributed by atoms with Crippen LogP contribution in [-0.2, 0) is 4.74 Å². The summed E-state index contributed by atoms with van der Waals surface area (Å²) in [4.78, 5) is 17.7.